The maximum atomic E-state index is 12.7. The Kier molecular flexibility index (Phi) is 4.16. The average Bonchev–Trinajstić information content (AvgIpc) is 2.89. The normalized spacial score (nSPS) is 10.6. The van der Waals surface area contributed by atoms with E-state index in [1.807, 2.05) is 12.1 Å². The zero-order valence-corrected chi connectivity index (χ0v) is 13.5. The molecule has 6 heteroatoms. The number of nitrogens with two attached hydrogens (primary N) is 1. The van der Waals surface area contributed by atoms with Crippen LogP contribution in [0.4, 0.5) is 5.13 Å². The van der Waals surface area contributed by atoms with Crippen molar-refractivity contribution in [1.29, 1.82) is 0 Å². The molecular weight excluding hydrogens is 339 g/mol. The first-order valence-electron chi connectivity index (χ1n) is 6.37. The zero-order valence-electron chi connectivity index (χ0n) is 11.2. The number of benzene rings is 2. The van der Waals surface area contributed by atoms with Crippen molar-refractivity contribution < 1.29 is 4.79 Å². The lowest BCUT2D eigenvalue weighted by atomic mass is 10.1. The molecule has 0 spiro atoms. The van der Waals surface area contributed by atoms with Gasteiger partial charge in [0.05, 0.1) is 5.69 Å². The van der Waals surface area contributed by atoms with Crippen LogP contribution in [0.15, 0.2) is 48.5 Å². The Bertz CT molecular complexity index is 844. The van der Waals surface area contributed by atoms with E-state index in [1.165, 1.54) is 0 Å². The summed E-state index contributed by atoms with van der Waals surface area (Å²) < 4.78 is 0. The van der Waals surface area contributed by atoms with Crippen molar-refractivity contribution in [2.45, 2.75) is 0 Å². The predicted molar refractivity (Wildman–Crippen MR) is 91.9 cm³/mol. The number of aromatic nitrogens is 1. The quantitative estimate of drug-likeness (QED) is 0.682. The van der Waals surface area contributed by atoms with Crippen LogP contribution < -0.4 is 5.73 Å². The van der Waals surface area contributed by atoms with Crippen molar-refractivity contribution in [2.75, 3.05) is 5.73 Å². The molecule has 0 atom stereocenters. The summed E-state index contributed by atoms with van der Waals surface area (Å²) in [6.45, 7) is 0. The van der Waals surface area contributed by atoms with Crippen LogP contribution in [0.5, 0.6) is 0 Å². The molecule has 0 bridgehead atoms. The fraction of sp³-hybridized carbons (Fsp3) is 0. The van der Waals surface area contributed by atoms with Gasteiger partial charge in [-0.3, -0.25) is 4.79 Å². The van der Waals surface area contributed by atoms with E-state index >= 15 is 0 Å². The molecule has 0 aliphatic rings. The van der Waals surface area contributed by atoms with Crippen molar-refractivity contribution in [2.24, 2.45) is 0 Å². The topological polar surface area (TPSA) is 56.0 Å². The number of carbonyl (C=O) groups is 1. The highest BCUT2D eigenvalue weighted by Crippen LogP contribution is 2.32. The van der Waals surface area contributed by atoms with Gasteiger partial charge >= 0.3 is 0 Å². The molecule has 0 fully saturated rings. The predicted octanol–water partition coefficient (Wildman–Crippen LogP) is 4.93. The molecule has 3 nitrogen and oxygen atoms in total. The minimum atomic E-state index is -0.151. The molecule has 0 radical (unpaired) electrons. The monoisotopic (exact) mass is 348 g/mol. The van der Waals surface area contributed by atoms with Gasteiger partial charge in [0.15, 0.2) is 5.13 Å². The minimum absolute atomic E-state index is 0.151. The van der Waals surface area contributed by atoms with Crippen molar-refractivity contribution in [1.82, 2.24) is 4.98 Å². The van der Waals surface area contributed by atoms with E-state index in [0.717, 1.165) is 16.9 Å². The van der Waals surface area contributed by atoms with Gasteiger partial charge in [-0.15, -0.1) is 0 Å². The van der Waals surface area contributed by atoms with Crippen LogP contribution in [0.1, 0.15) is 15.2 Å². The SMILES string of the molecule is Nc1nc(-c2ccc(Cl)cc2)c(C(=O)c2cccc(Cl)c2)s1. The molecule has 0 amide bonds. The smallest absolute Gasteiger partial charge is 0.205 e. The maximum absolute atomic E-state index is 12.7. The van der Waals surface area contributed by atoms with Gasteiger partial charge in [0.2, 0.25) is 5.78 Å². The van der Waals surface area contributed by atoms with Crippen LogP contribution in [0.25, 0.3) is 11.3 Å². The van der Waals surface area contributed by atoms with E-state index in [9.17, 15) is 4.79 Å². The van der Waals surface area contributed by atoms with Crippen LogP contribution in [0, 0.1) is 0 Å². The molecule has 0 saturated carbocycles. The van der Waals surface area contributed by atoms with Crippen LogP contribution in [-0.4, -0.2) is 10.8 Å². The van der Waals surface area contributed by atoms with Crippen molar-refractivity contribution in [3.8, 4) is 11.3 Å². The number of nitrogens with zero attached hydrogens (tertiary/aromatic N) is 1. The van der Waals surface area contributed by atoms with E-state index in [2.05, 4.69) is 4.98 Å². The molecule has 2 N–H and O–H groups in total. The molecular formula is C16H10Cl2N2OS. The van der Waals surface area contributed by atoms with Gasteiger partial charge in [-0.1, -0.05) is 58.8 Å². The highest BCUT2D eigenvalue weighted by Gasteiger charge is 2.20. The maximum Gasteiger partial charge on any atom is 0.205 e. The lowest BCUT2D eigenvalue weighted by molar-refractivity contribution is 0.104. The number of carbonyl (C=O) groups excluding carboxylic acids is 1. The minimum Gasteiger partial charge on any atom is -0.375 e. The first-order chi connectivity index (χ1) is 10.5. The molecule has 0 aliphatic carbocycles. The first-order valence-corrected chi connectivity index (χ1v) is 7.94. The van der Waals surface area contributed by atoms with E-state index < -0.39 is 0 Å². The second-order valence-electron chi connectivity index (χ2n) is 4.58. The van der Waals surface area contributed by atoms with E-state index in [4.69, 9.17) is 28.9 Å². The summed E-state index contributed by atoms with van der Waals surface area (Å²) in [5.41, 5.74) is 7.65. The average molecular weight is 349 g/mol. The lowest BCUT2D eigenvalue weighted by Crippen LogP contribution is -2.00. The number of thiazole rings is 1. The Morgan fingerprint density at radius 3 is 2.45 bits per heavy atom. The van der Waals surface area contributed by atoms with Crippen molar-refractivity contribution >= 4 is 45.5 Å². The van der Waals surface area contributed by atoms with E-state index in [0.29, 0.717) is 31.3 Å². The van der Waals surface area contributed by atoms with Crippen LogP contribution in [-0.2, 0) is 0 Å². The van der Waals surface area contributed by atoms with Crippen LogP contribution in [0.2, 0.25) is 10.0 Å². The Labute approximate surface area is 141 Å². The summed E-state index contributed by atoms with van der Waals surface area (Å²) >= 11 is 13.0. The highest BCUT2D eigenvalue weighted by molar-refractivity contribution is 7.18. The van der Waals surface area contributed by atoms with Gasteiger partial charge in [-0.05, 0) is 24.3 Å². The van der Waals surface area contributed by atoms with Gasteiger partial charge in [0.1, 0.15) is 4.88 Å². The summed E-state index contributed by atoms with van der Waals surface area (Å²) in [4.78, 5) is 17.5. The summed E-state index contributed by atoms with van der Waals surface area (Å²) in [6.07, 6.45) is 0. The number of anilines is 1. The molecule has 110 valence electrons. The molecule has 3 rings (SSSR count). The largest absolute Gasteiger partial charge is 0.375 e. The number of ketones is 1. The first kappa shape index (κ1) is 15.0. The Hall–Kier alpha value is -1.88. The lowest BCUT2D eigenvalue weighted by Gasteiger charge is -2.03. The third-order valence-electron chi connectivity index (χ3n) is 3.05. The third kappa shape index (κ3) is 2.99. The van der Waals surface area contributed by atoms with Crippen LogP contribution >= 0.6 is 34.5 Å². The Morgan fingerprint density at radius 1 is 1.05 bits per heavy atom. The zero-order chi connectivity index (χ0) is 15.7. The second kappa shape index (κ2) is 6.08. The van der Waals surface area contributed by atoms with E-state index in [-0.39, 0.29) is 5.78 Å². The molecule has 1 aromatic heterocycles. The third-order valence-corrected chi connectivity index (χ3v) is 4.42. The van der Waals surface area contributed by atoms with Gasteiger partial charge in [-0.2, -0.15) is 0 Å². The van der Waals surface area contributed by atoms with Crippen molar-refractivity contribution in [3.63, 3.8) is 0 Å². The van der Waals surface area contributed by atoms with Gasteiger partial charge in [-0.25, -0.2) is 4.98 Å². The molecule has 2 aromatic carbocycles. The molecule has 22 heavy (non-hydrogen) atoms. The summed E-state index contributed by atoms with van der Waals surface area (Å²) in [6, 6.07) is 13.9. The Morgan fingerprint density at radius 2 is 1.77 bits per heavy atom. The van der Waals surface area contributed by atoms with Gasteiger partial charge in [0, 0.05) is 21.2 Å². The van der Waals surface area contributed by atoms with Gasteiger partial charge in [0.25, 0.3) is 0 Å². The number of rotatable bonds is 3. The second-order valence-corrected chi connectivity index (χ2v) is 6.48. The molecule has 1 heterocycles. The molecule has 0 aliphatic heterocycles. The Balaban J connectivity index is 2.08. The fourth-order valence-corrected chi connectivity index (χ4v) is 3.19. The summed E-state index contributed by atoms with van der Waals surface area (Å²) in [5, 5.41) is 1.47. The van der Waals surface area contributed by atoms with Crippen molar-refractivity contribution in [3.05, 3.63) is 69.0 Å². The molecule has 0 saturated heterocycles. The number of nitrogen functional groups attached to an aromatic ring is 1. The van der Waals surface area contributed by atoms with Crippen LogP contribution in [0.3, 0.4) is 0 Å². The number of hydrogen-bond acceptors (Lipinski definition) is 4. The summed E-state index contributed by atoms with van der Waals surface area (Å²) in [7, 11) is 0. The standard InChI is InChI=1S/C16H10Cl2N2OS/c17-11-6-4-9(5-7-11)13-15(22-16(19)20-13)14(21)10-2-1-3-12(18)8-10/h1-8H,(H2,19,20). The summed E-state index contributed by atoms with van der Waals surface area (Å²) in [5.74, 6) is -0.151. The fourth-order valence-electron chi connectivity index (χ4n) is 2.05. The molecule has 3 aromatic rings. The number of halogens is 2. The molecule has 0 unspecified atom stereocenters. The highest BCUT2D eigenvalue weighted by atomic mass is 35.5. The van der Waals surface area contributed by atoms with E-state index in [1.54, 1.807) is 36.4 Å². The number of hydrogen-bond donors (Lipinski definition) is 1. The van der Waals surface area contributed by atoms with Gasteiger partial charge < -0.3 is 5.73 Å².